The highest BCUT2D eigenvalue weighted by Crippen LogP contribution is 2.24. The van der Waals surface area contributed by atoms with E-state index in [9.17, 15) is 0 Å². The fourth-order valence-corrected chi connectivity index (χ4v) is 1.64. The highest BCUT2D eigenvalue weighted by Gasteiger charge is 2.12. The smallest absolute Gasteiger partial charge is 0.134 e. The van der Waals surface area contributed by atoms with Crippen molar-refractivity contribution in [1.29, 1.82) is 0 Å². The number of hydrogen-bond acceptors (Lipinski definition) is 2. The maximum absolute atomic E-state index is 5.72. The molecule has 1 N–H and O–H groups in total. The Morgan fingerprint density at radius 2 is 2.27 bits per heavy atom. The van der Waals surface area contributed by atoms with Crippen molar-refractivity contribution < 1.29 is 4.42 Å². The summed E-state index contributed by atoms with van der Waals surface area (Å²) in [5.41, 5.74) is 0.907. The molecule has 2 aromatic rings. The molecule has 0 saturated carbocycles. The molecular formula is C13H13NO. The van der Waals surface area contributed by atoms with Crippen LogP contribution >= 0.6 is 0 Å². The topological polar surface area (TPSA) is 25.2 Å². The first-order valence-corrected chi connectivity index (χ1v) is 4.94. The van der Waals surface area contributed by atoms with E-state index in [1.165, 1.54) is 0 Å². The Hall–Kier alpha value is -1.72. The molecule has 1 aromatic carbocycles. The standard InChI is InChI=1S/C13H13NO/c1-3-6-11(14-2)13-9-10-7-4-5-8-12(10)15-13/h1,4-5,7-9,11,14H,6H2,2H3. The maximum Gasteiger partial charge on any atom is 0.134 e. The van der Waals surface area contributed by atoms with Crippen LogP contribution in [0.3, 0.4) is 0 Å². The molecule has 0 fully saturated rings. The van der Waals surface area contributed by atoms with E-state index in [0.29, 0.717) is 6.42 Å². The Balaban J connectivity index is 2.39. The van der Waals surface area contributed by atoms with Gasteiger partial charge < -0.3 is 9.73 Å². The van der Waals surface area contributed by atoms with E-state index in [1.807, 2.05) is 37.4 Å². The van der Waals surface area contributed by atoms with Crippen LogP contribution in [0, 0.1) is 12.3 Å². The Labute approximate surface area is 89.3 Å². The predicted octanol–water partition coefficient (Wildman–Crippen LogP) is 2.72. The Kier molecular flexibility index (Phi) is 2.75. The van der Waals surface area contributed by atoms with E-state index in [1.54, 1.807) is 0 Å². The summed E-state index contributed by atoms with van der Waals surface area (Å²) in [5, 5.41) is 4.26. The fourth-order valence-electron chi connectivity index (χ4n) is 1.64. The number of furan rings is 1. The number of hydrogen-bond donors (Lipinski definition) is 1. The second-order valence-corrected chi connectivity index (χ2v) is 3.44. The predicted molar refractivity (Wildman–Crippen MR) is 61.5 cm³/mol. The lowest BCUT2D eigenvalue weighted by Gasteiger charge is -2.08. The van der Waals surface area contributed by atoms with Crippen LogP contribution in [0.4, 0.5) is 0 Å². The second-order valence-electron chi connectivity index (χ2n) is 3.44. The maximum atomic E-state index is 5.72. The molecule has 1 atom stereocenters. The molecule has 2 rings (SSSR count). The van der Waals surface area contributed by atoms with Crippen molar-refractivity contribution in [2.75, 3.05) is 7.05 Å². The van der Waals surface area contributed by atoms with E-state index in [0.717, 1.165) is 16.7 Å². The monoisotopic (exact) mass is 199 g/mol. The molecule has 76 valence electrons. The number of rotatable bonds is 3. The van der Waals surface area contributed by atoms with Gasteiger partial charge in [0.1, 0.15) is 11.3 Å². The summed E-state index contributed by atoms with van der Waals surface area (Å²) in [4.78, 5) is 0. The first kappa shape index (κ1) is 9.82. The van der Waals surface area contributed by atoms with Crippen LogP contribution in [0.1, 0.15) is 18.2 Å². The minimum atomic E-state index is 0.0994. The molecular weight excluding hydrogens is 186 g/mol. The van der Waals surface area contributed by atoms with Gasteiger partial charge >= 0.3 is 0 Å². The van der Waals surface area contributed by atoms with E-state index >= 15 is 0 Å². The quantitative estimate of drug-likeness (QED) is 0.769. The lowest BCUT2D eigenvalue weighted by Crippen LogP contribution is -2.14. The van der Waals surface area contributed by atoms with Gasteiger partial charge in [0.05, 0.1) is 6.04 Å². The zero-order valence-corrected chi connectivity index (χ0v) is 8.66. The average molecular weight is 199 g/mol. The molecule has 2 nitrogen and oxygen atoms in total. The summed E-state index contributed by atoms with van der Waals surface area (Å²) >= 11 is 0. The summed E-state index contributed by atoms with van der Waals surface area (Å²) in [7, 11) is 1.88. The minimum absolute atomic E-state index is 0.0994. The third-order valence-corrected chi connectivity index (χ3v) is 2.46. The summed E-state index contributed by atoms with van der Waals surface area (Å²) in [6.07, 6.45) is 5.94. The lowest BCUT2D eigenvalue weighted by molar-refractivity contribution is 0.458. The van der Waals surface area contributed by atoms with E-state index in [4.69, 9.17) is 10.8 Å². The van der Waals surface area contributed by atoms with Crippen molar-refractivity contribution in [2.24, 2.45) is 0 Å². The summed E-state index contributed by atoms with van der Waals surface area (Å²) in [6.45, 7) is 0. The van der Waals surface area contributed by atoms with Crippen molar-refractivity contribution in [3.05, 3.63) is 36.1 Å². The highest BCUT2D eigenvalue weighted by atomic mass is 16.3. The van der Waals surface area contributed by atoms with Crippen molar-refractivity contribution in [2.45, 2.75) is 12.5 Å². The van der Waals surface area contributed by atoms with Gasteiger partial charge in [0.15, 0.2) is 0 Å². The Morgan fingerprint density at radius 1 is 1.47 bits per heavy atom. The van der Waals surface area contributed by atoms with Crippen LogP contribution < -0.4 is 5.32 Å². The number of benzene rings is 1. The molecule has 0 bridgehead atoms. The van der Waals surface area contributed by atoms with Crippen molar-refractivity contribution in [3.8, 4) is 12.3 Å². The number of fused-ring (bicyclic) bond motifs is 1. The molecule has 0 amide bonds. The molecule has 2 heteroatoms. The van der Waals surface area contributed by atoms with Crippen molar-refractivity contribution in [1.82, 2.24) is 5.32 Å². The van der Waals surface area contributed by atoms with Crippen LogP contribution in [-0.2, 0) is 0 Å². The largest absolute Gasteiger partial charge is 0.459 e. The van der Waals surface area contributed by atoms with Crippen LogP contribution in [0.2, 0.25) is 0 Å². The molecule has 1 heterocycles. The first-order valence-electron chi connectivity index (χ1n) is 4.94. The zero-order valence-electron chi connectivity index (χ0n) is 8.66. The van der Waals surface area contributed by atoms with Gasteiger partial charge in [-0.25, -0.2) is 0 Å². The lowest BCUT2D eigenvalue weighted by atomic mass is 10.1. The summed E-state index contributed by atoms with van der Waals surface area (Å²) in [6, 6.07) is 10.1. The van der Waals surface area contributed by atoms with Gasteiger partial charge in [0.25, 0.3) is 0 Å². The minimum Gasteiger partial charge on any atom is -0.459 e. The van der Waals surface area contributed by atoms with Gasteiger partial charge in [-0.2, -0.15) is 0 Å². The van der Waals surface area contributed by atoms with Crippen molar-refractivity contribution in [3.63, 3.8) is 0 Å². The van der Waals surface area contributed by atoms with Gasteiger partial charge in [-0.15, -0.1) is 12.3 Å². The van der Waals surface area contributed by atoms with E-state index < -0.39 is 0 Å². The Bertz CT molecular complexity index is 459. The van der Waals surface area contributed by atoms with Crippen LogP contribution in [0.5, 0.6) is 0 Å². The van der Waals surface area contributed by atoms with Crippen LogP contribution in [0.15, 0.2) is 34.7 Å². The molecule has 0 spiro atoms. The number of nitrogens with one attached hydrogen (secondary N) is 1. The summed E-state index contributed by atoms with van der Waals surface area (Å²) < 4.78 is 5.72. The molecule has 0 saturated heterocycles. The normalized spacial score (nSPS) is 12.5. The van der Waals surface area contributed by atoms with Crippen LogP contribution in [0.25, 0.3) is 11.0 Å². The molecule has 1 aromatic heterocycles. The molecule has 1 unspecified atom stereocenters. The molecule has 0 aliphatic heterocycles. The summed E-state index contributed by atoms with van der Waals surface area (Å²) in [5.74, 6) is 3.54. The van der Waals surface area contributed by atoms with E-state index in [2.05, 4.69) is 11.2 Å². The SMILES string of the molecule is C#CCC(NC)c1cc2ccccc2o1. The average Bonchev–Trinajstić information content (AvgIpc) is 2.69. The fraction of sp³-hybridized carbons (Fsp3) is 0.231. The second kappa shape index (κ2) is 4.20. The molecule has 15 heavy (non-hydrogen) atoms. The molecule has 0 radical (unpaired) electrons. The van der Waals surface area contributed by atoms with Gasteiger partial charge in [0.2, 0.25) is 0 Å². The number of terminal acetylenes is 1. The van der Waals surface area contributed by atoms with E-state index in [-0.39, 0.29) is 6.04 Å². The van der Waals surface area contributed by atoms with Gasteiger partial charge in [-0.3, -0.25) is 0 Å². The third kappa shape index (κ3) is 1.88. The van der Waals surface area contributed by atoms with Crippen molar-refractivity contribution >= 4 is 11.0 Å². The Morgan fingerprint density at radius 3 is 2.93 bits per heavy atom. The van der Waals surface area contributed by atoms with Gasteiger partial charge in [-0.05, 0) is 19.2 Å². The first-order chi connectivity index (χ1) is 7.35. The zero-order chi connectivity index (χ0) is 10.7. The number of para-hydroxylation sites is 1. The molecule has 0 aliphatic rings. The van der Waals surface area contributed by atoms with Crippen LogP contribution in [-0.4, -0.2) is 7.05 Å². The molecule has 0 aliphatic carbocycles. The van der Waals surface area contributed by atoms with Gasteiger partial charge in [-0.1, -0.05) is 18.2 Å². The van der Waals surface area contributed by atoms with Gasteiger partial charge in [0, 0.05) is 11.8 Å². The highest BCUT2D eigenvalue weighted by molar-refractivity contribution is 5.77. The third-order valence-electron chi connectivity index (χ3n) is 2.46.